The maximum atomic E-state index is 13.2. The second-order valence-corrected chi connectivity index (χ2v) is 9.85. The Labute approximate surface area is 204 Å². The highest BCUT2D eigenvalue weighted by atomic mass is 32.2. The molecule has 0 bridgehead atoms. The van der Waals surface area contributed by atoms with E-state index in [0.29, 0.717) is 42.2 Å². The van der Waals surface area contributed by atoms with Crippen molar-refractivity contribution in [2.45, 2.75) is 44.3 Å². The number of likely N-dealkylation sites (N-methyl/N-ethyl adjacent to an activating group) is 1. The number of ketones is 1. The van der Waals surface area contributed by atoms with Crippen molar-refractivity contribution < 1.29 is 9.53 Å². The maximum absolute atomic E-state index is 13.2. The molecule has 0 aliphatic carbocycles. The first-order valence-electron chi connectivity index (χ1n) is 11.6. The van der Waals surface area contributed by atoms with Crippen LogP contribution in [0.15, 0.2) is 70.3 Å². The Balaban J connectivity index is 1.57. The van der Waals surface area contributed by atoms with Gasteiger partial charge in [0.15, 0.2) is 10.9 Å². The Morgan fingerprint density at radius 2 is 1.88 bits per heavy atom. The van der Waals surface area contributed by atoms with Gasteiger partial charge >= 0.3 is 0 Å². The number of carbonyl (C=O) groups excluding carboxylic acids is 1. The van der Waals surface area contributed by atoms with Crippen LogP contribution in [0.1, 0.15) is 32.8 Å². The third kappa shape index (κ3) is 4.68. The number of carbonyl (C=O) groups is 1. The van der Waals surface area contributed by atoms with Gasteiger partial charge in [-0.2, -0.15) is 0 Å². The molecule has 34 heavy (non-hydrogen) atoms. The molecule has 0 amide bonds. The summed E-state index contributed by atoms with van der Waals surface area (Å²) in [6, 6.07) is 15.6. The molecule has 7 heteroatoms. The van der Waals surface area contributed by atoms with E-state index in [0.717, 1.165) is 11.4 Å². The second kappa shape index (κ2) is 10.2. The number of benzene rings is 2. The largest absolute Gasteiger partial charge is 0.382 e. The van der Waals surface area contributed by atoms with Crippen LogP contribution in [0.2, 0.25) is 0 Å². The monoisotopic (exact) mass is 477 g/mol. The van der Waals surface area contributed by atoms with E-state index in [2.05, 4.69) is 30.9 Å². The van der Waals surface area contributed by atoms with Gasteiger partial charge in [0.1, 0.15) is 0 Å². The molecule has 4 rings (SSSR count). The molecule has 0 atom stereocenters. The molecule has 0 spiro atoms. The van der Waals surface area contributed by atoms with Gasteiger partial charge in [-0.15, -0.1) is 0 Å². The highest BCUT2D eigenvalue weighted by Gasteiger charge is 2.38. The number of thioether (sulfide) groups is 1. The van der Waals surface area contributed by atoms with Crippen molar-refractivity contribution in [3.05, 3.63) is 76.2 Å². The van der Waals surface area contributed by atoms with Crippen molar-refractivity contribution in [3.63, 3.8) is 0 Å². The average Bonchev–Trinajstić information content (AvgIpc) is 3.02. The minimum Gasteiger partial charge on any atom is -0.382 e. The van der Waals surface area contributed by atoms with E-state index in [1.807, 2.05) is 44.3 Å². The number of nitrogens with zero attached hydrogens (tertiary/aromatic N) is 3. The number of rotatable bonds is 9. The first-order valence-corrected chi connectivity index (χ1v) is 12.6. The van der Waals surface area contributed by atoms with Crippen molar-refractivity contribution in [1.82, 2.24) is 9.55 Å². The molecule has 0 saturated carbocycles. The maximum Gasteiger partial charge on any atom is 0.262 e. The number of aromatic nitrogens is 2. The number of ether oxygens (including phenoxy) is 1. The molecule has 2 heterocycles. The summed E-state index contributed by atoms with van der Waals surface area (Å²) in [6.45, 7) is 7.95. The van der Waals surface area contributed by atoms with E-state index in [4.69, 9.17) is 9.72 Å². The number of hydrogen-bond acceptors (Lipinski definition) is 6. The quantitative estimate of drug-likeness (QED) is 0.191. The molecule has 6 nitrogen and oxygen atoms in total. The molecule has 0 saturated heterocycles. The van der Waals surface area contributed by atoms with E-state index in [1.54, 1.807) is 16.7 Å². The van der Waals surface area contributed by atoms with Gasteiger partial charge in [0.25, 0.3) is 5.56 Å². The van der Waals surface area contributed by atoms with E-state index in [9.17, 15) is 9.59 Å². The zero-order chi connectivity index (χ0) is 24.3. The zero-order valence-corrected chi connectivity index (χ0v) is 21.0. The Hall–Kier alpha value is -2.90. The summed E-state index contributed by atoms with van der Waals surface area (Å²) in [7, 11) is 2.00. The summed E-state index contributed by atoms with van der Waals surface area (Å²) < 4.78 is 7.12. The predicted molar refractivity (Wildman–Crippen MR) is 139 cm³/mol. The zero-order valence-electron chi connectivity index (χ0n) is 20.2. The Kier molecular flexibility index (Phi) is 7.24. The van der Waals surface area contributed by atoms with Gasteiger partial charge in [-0.25, -0.2) is 4.98 Å². The summed E-state index contributed by atoms with van der Waals surface area (Å²) in [6.07, 6.45) is 2.45. The van der Waals surface area contributed by atoms with Crippen LogP contribution >= 0.6 is 11.8 Å². The van der Waals surface area contributed by atoms with Crippen molar-refractivity contribution in [2.24, 2.45) is 0 Å². The summed E-state index contributed by atoms with van der Waals surface area (Å²) in [5.74, 6) is 0.205. The van der Waals surface area contributed by atoms with Crippen LogP contribution in [0.5, 0.6) is 0 Å². The standard InChI is InChI=1S/C27H31N3O3S/c1-5-33-16-10-15-30-25(32)20-11-6-8-13-22(20)28-26(30)34-18-19(31)17-24-27(2,3)21-12-7-9-14-23(21)29(24)4/h6-9,11-14,17H,5,10,15-16,18H2,1-4H3/b24-17+. The molecule has 178 valence electrons. The van der Waals surface area contributed by atoms with Crippen molar-refractivity contribution in [3.8, 4) is 0 Å². The summed E-state index contributed by atoms with van der Waals surface area (Å²) >= 11 is 1.31. The minimum absolute atomic E-state index is 0.00370. The summed E-state index contributed by atoms with van der Waals surface area (Å²) in [5.41, 5.74) is 3.62. The number of para-hydroxylation sites is 2. The van der Waals surface area contributed by atoms with Gasteiger partial charge in [0.2, 0.25) is 0 Å². The van der Waals surface area contributed by atoms with E-state index in [-0.39, 0.29) is 22.5 Å². The van der Waals surface area contributed by atoms with Gasteiger partial charge in [-0.05, 0) is 37.1 Å². The minimum atomic E-state index is -0.256. The van der Waals surface area contributed by atoms with Crippen LogP contribution in [-0.4, -0.2) is 41.3 Å². The van der Waals surface area contributed by atoms with E-state index >= 15 is 0 Å². The molecule has 0 fully saturated rings. The summed E-state index contributed by atoms with van der Waals surface area (Å²) in [5, 5.41) is 1.15. The Morgan fingerprint density at radius 3 is 2.65 bits per heavy atom. The molecule has 3 aromatic rings. The van der Waals surface area contributed by atoms with Crippen LogP contribution in [0.3, 0.4) is 0 Å². The smallest absolute Gasteiger partial charge is 0.262 e. The van der Waals surface area contributed by atoms with Gasteiger partial charge in [0, 0.05) is 49.7 Å². The molecule has 1 aliphatic heterocycles. The molecular weight excluding hydrogens is 446 g/mol. The second-order valence-electron chi connectivity index (χ2n) is 8.90. The Morgan fingerprint density at radius 1 is 1.15 bits per heavy atom. The molecular formula is C27H31N3O3S. The number of hydrogen-bond donors (Lipinski definition) is 0. The normalized spacial score (nSPS) is 15.8. The van der Waals surface area contributed by atoms with Crippen LogP contribution in [0, 0.1) is 0 Å². The highest BCUT2D eigenvalue weighted by Crippen LogP contribution is 2.46. The predicted octanol–water partition coefficient (Wildman–Crippen LogP) is 4.80. The topological polar surface area (TPSA) is 64.4 Å². The Bertz CT molecular complexity index is 1300. The van der Waals surface area contributed by atoms with Crippen molar-refractivity contribution in [2.75, 3.05) is 30.9 Å². The van der Waals surface area contributed by atoms with Crippen LogP contribution in [-0.2, 0) is 21.5 Å². The lowest BCUT2D eigenvalue weighted by Crippen LogP contribution is -2.25. The van der Waals surface area contributed by atoms with Gasteiger partial charge in [0.05, 0.1) is 16.7 Å². The molecule has 0 radical (unpaired) electrons. The fourth-order valence-electron chi connectivity index (χ4n) is 4.51. The highest BCUT2D eigenvalue weighted by molar-refractivity contribution is 7.99. The lowest BCUT2D eigenvalue weighted by molar-refractivity contribution is -0.112. The fourth-order valence-corrected chi connectivity index (χ4v) is 5.36. The van der Waals surface area contributed by atoms with Crippen molar-refractivity contribution in [1.29, 1.82) is 0 Å². The number of anilines is 1. The molecule has 2 aromatic carbocycles. The number of allylic oxidation sites excluding steroid dienone is 2. The molecule has 0 N–H and O–H groups in total. The van der Waals surface area contributed by atoms with Crippen molar-refractivity contribution >= 4 is 34.1 Å². The summed E-state index contributed by atoms with van der Waals surface area (Å²) in [4.78, 5) is 33.0. The first kappa shape index (κ1) is 24.2. The number of fused-ring (bicyclic) bond motifs is 2. The van der Waals surface area contributed by atoms with Crippen LogP contribution in [0.25, 0.3) is 10.9 Å². The lowest BCUT2D eigenvalue weighted by atomic mass is 9.83. The van der Waals surface area contributed by atoms with Gasteiger partial charge < -0.3 is 9.64 Å². The fraction of sp³-hybridized carbons (Fsp3) is 0.370. The lowest BCUT2D eigenvalue weighted by Gasteiger charge is -2.24. The molecule has 1 aliphatic rings. The molecule has 0 unspecified atom stereocenters. The molecule has 1 aromatic heterocycles. The van der Waals surface area contributed by atoms with Gasteiger partial charge in [-0.3, -0.25) is 14.2 Å². The third-order valence-electron chi connectivity index (χ3n) is 6.28. The van der Waals surface area contributed by atoms with Gasteiger partial charge in [-0.1, -0.05) is 55.9 Å². The average molecular weight is 478 g/mol. The van der Waals surface area contributed by atoms with Crippen LogP contribution < -0.4 is 10.5 Å². The van der Waals surface area contributed by atoms with Crippen LogP contribution in [0.4, 0.5) is 5.69 Å². The SMILES string of the molecule is CCOCCCn1c(SCC(=O)/C=C2/N(C)c3ccccc3C2(C)C)nc2ccccc2c1=O. The van der Waals surface area contributed by atoms with E-state index in [1.165, 1.54) is 17.3 Å². The van der Waals surface area contributed by atoms with E-state index < -0.39 is 0 Å². The first-order chi connectivity index (χ1) is 16.3. The third-order valence-corrected chi connectivity index (χ3v) is 7.28.